The van der Waals surface area contributed by atoms with Gasteiger partial charge in [-0.15, -0.1) is 0 Å². The molecule has 352 valence electrons. The van der Waals surface area contributed by atoms with Gasteiger partial charge in [-0.2, -0.15) is 0 Å². The molecule has 0 radical (unpaired) electrons. The second-order valence-electron chi connectivity index (χ2n) is 18.8. The Morgan fingerprint density at radius 2 is 0.959 bits per heavy atom. The second-order valence-corrected chi connectivity index (χ2v) is 19.9. The predicted molar refractivity (Wildman–Crippen MR) is 300 cm³/mol. The Bertz CT molecular complexity index is 4850. The number of aryl methyl sites for hydroxylation is 1. The number of ether oxygens (including phenoxy) is 1. The van der Waals surface area contributed by atoms with Gasteiger partial charge in [0, 0.05) is 37.4 Å². The molecule has 0 atom stereocenters. The molecule has 15 aromatic rings. The number of aromatic nitrogens is 5. The van der Waals surface area contributed by atoms with E-state index in [-0.39, 0.29) is 5.56 Å². The molecule has 0 bridgehead atoms. The molecule has 0 N–H and O–H groups in total. The van der Waals surface area contributed by atoms with Crippen LogP contribution in [-0.2, 0) is 19.4 Å². The van der Waals surface area contributed by atoms with Crippen LogP contribution in [-0.4, -0.2) is 23.1 Å². The zero-order chi connectivity index (χ0) is 51.5. The minimum atomic E-state index is -2.42. The van der Waals surface area contributed by atoms with Crippen molar-refractivity contribution in [1.29, 1.82) is 0 Å². The van der Waals surface area contributed by atoms with Gasteiger partial charge in [0.1, 0.15) is 0 Å². The fraction of sp³-hybridized carbons (Fsp3) is 0.0149. The molecule has 0 aliphatic carbocycles. The van der Waals surface area contributed by atoms with Crippen LogP contribution in [0.4, 0.5) is 0 Å². The number of imidazole rings is 1. The van der Waals surface area contributed by atoms with E-state index in [9.17, 15) is 0 Å². The van der Waals surface area contributed by atoms with Crippen molar-refractivity contribution < 1.29 is 28.2 Å². The molecule has 0 saturated heterocycles. The van der Waals surface area contributed by atoms with Crippen molar-refractivity contribution in [2.45, 2.75) is 6.85 Å². The van der Waals surface area contributed by atoms with E-state index in [2.05, 4.69) is 219 Å². The fourth-order valence-electron chi connectivity index (χ4n) is 11.5. The van der Waals surface area contributed by atoms with Gasteiger partial charge in [0.2, 0.25) is 0 Å². The number of benzene rings is 10. The van der Waals surface area contributed by atoms with Crippen molar-refractivity contribution >= 4 is 70.9 Å². The van der Waals surface area contributed by atoms with E-state index >= 15 is 0 Å². The second kappa shape index (κ2) is 16.7. The monoisotopic (exact) mass is 1130 g/mol. The SMILES string of the molecule is [2H]C([2H])([2H])c1cc(-n2c3cc(Oc4cccc(-n5[c](=[Pt])n(-c6c(-c7ccccc7)cccc6-c6ccccc6)c6ccccc65)c4)ccc3c3cc4c5cccc6c7ccccc7n(c4cc32)c65)ncc1-c1ccccc1. The number of nitrogens with zero attached hydrogens (tertiary/aromatic N) is 5. The van der Waals surface area contributed by atoms with Crippen LogP contribution in [0.5, 0.6) is 11.5 Å². The van der Waals surface area contributed by atoms with E-state index < -0.39 is 6.85 Å². The van der Waals surface area contributed by atoms with E-state index in [0.717, 1.165) is 92.3 Å². The molecule has 0 aliphatic heterocycles. The molecule has 0 saturated carbocycles. The van der Waals surface area contributed by atoms with Gasteiger partial charge in [0.05, 0.1) is 16.6 Å². The van der Waals surface area contributed by atoms with Crippen molar-refractivity contribution in [2.24, 2.45) is 0 Å². The van der Waals surface area contributed by atoms with Crippen molar-refractivity contribution in [1.82, 2.24) is 23.1 Å². The van der Waals surface area contributed by atoms with Gasteiger partial charge in [-0.05, 0) is 24.0 Å². The van der Waals surface area contributed by atoms with Crippen LogP contribution in [0.1, 0.15) is 9.68 Å². The first kappa shape index (κ1) is 39.5. The smallest absolute Gasteiger partial charge is 0.0622 e. The first-order valence-electron chi connectivity index (χ1n) is 26.2. The zero-order valence-corrected chi connectivity index (χ0v) is 41.8. The van der Waals surface area contributed by atoms with Gasteiger partial charge in [0.25, 0.3) is 0 Å². The number of para-hydroxylation sites is 5. The Hall–Kier alpha value is -9.09. The van der Waals surface area contributed by atoms with Crippen molar-refractivity contribution in [3.05, 3.63) is 252 Å². The summed E-state index contributed by atoms with van der Waals surface area (Å²) < 4.78 is 43.5. The van der Waals surface area contributed by atoms with Gasteiger partial charge in [-0.25, -0.2) is 0 Å². The molecule has 15 rings (SSSR count). The van der Waals surface area contributed by atoms with Crippen molar-refractivity contribution in [3.63, 3.8) is 0 Å². The molecule has 0 spiro atoms. The van der Waals surface area contributed by atoms with Crippen LogP contribution in [0.3, 0.4) is 0 Å². The van der Waals surface area contributed by atoms with Gasteiger partial charge in [-0.3, -0.25) is 0 Å². The average Bonchev–Trinajstić information content (AvgIpc) is 4.28. The topological polar surface area (TPSA) is 41.3 Å². The van der Waals surface area contributed by atoms with Gasteiger partial charge < -0.3 is 4.40 Å². The summed E-state index contributed by atoms with van der Waals surface area (Å²) in [5.41, 5.74) is 15.4. The Labute approximate surface area is 440 Å². The van der Waals surface area contributed by atoms with Gasteiger partial charge in [-0.1, -0.05) is 66.7 Å². The molecule has 0 fully saturated rings. The summed E-state index contributed by atoms with van der Waals surface area (Å²) in [5.74, 6) is 1.78. The summed E-state index contributed by atoms with van der Waals surface area (Å²) in [6.07, 6.45) is 1.71. The Kier molecular flexibility index (Phi) is 8.94. The minimum absolute atomic E-state index is 0.230. The van der Waals surface area contributed by atoms with E-state index in [4.69, 9.17) is 13.8 Å². The first-order chi connectivity index (χ1) is 37.8. The molecule has 0 amide bonds. The summed E-state index contributed by atoms with van der Waals surface area (Å²) in [5, 5.41) is 6.75. The average molecular weight is 1130 g/mol. The minimum Gasteiger partial charge on any atom is -0.0622 e. The molecule has 10 aromatic carbocycles. The third-order valence-electron chi connectivity index (χ3n) is 14.7. The summed E-state index contributed by atoms with van der Waals surface area (Å²) >= 11 is 2.48. The molecule has 5 heterocycles. The Morgan fingerprint density at radius 1 is 0.405 bits per heavy atom. The van der Waals surface area contributed by atoms with Gasteiger partial charge in [0.15, 0.2) is 0 Å². The number of fused-ring (bicyclic) bond motifs is 10. The van der Waals surface area contributed by atoms with Crippen LogP contribution >= 0.6 is 0 Å². The van der Waals surface area contributed by atoms with Crippen LogP contribution in [0.2, 0.25) is 0 Å². The van der Waals surface area contributed by atoms with Crippen LogP contribution in [0.25, 0.3) is 122 Å². The van der Waals surface area contributed by atoms with E-state index in [1.54, 1.807) is 12.3 Å². The predicted octanol–water partition coefficient (Wildman–Crippen LogP) is 17.2. The molecular weight excluding hydrogens is 1090 g/mol. The Morgan fingerprint density at radius 3 is 1.68 bits per heavy atom. The first-order valence-corrected chi connectivity index (χ1v) is 25.8. The van der Waals surface area contributed by atoms with Crippen molar-refractivity contribution in [3.8, 4) is 62.1 Å². The maximum atomic E-state index is 8.81. The summed E-state index contributed by atoms with van der Waals surface area (Å²) in [6.45, 7) is -2.42. The van der Waals surface area contributed by atoms with Gasteiger partial charge >= 0.3 is 294 Å². The number of hydrogen-bond acceptors (Lipinski definition) is 2. The maximum absolute atomic E-state index is 8.81. The number of pyridine rings is 1. The molecule has 0 aliphatic rings. The molecule has 7 heteroatoms. The number of hydrogen-bond donors (Lipinski definition) is 0. The van der Waals surface area contributed by atoms with Crippen LogP contribution in [0, 0.1) is 10.7 Å². The van der Waals surface area contributed by atoms with E-state index in [1.807, 2.05) is 48.5 Å². The van der Waals surface area contributed by atoms with Crippen LogP contribution in [0.15, 0.2) is 243 Å². The van der Waals surface area contributed by atoms with Crippen LogP contribution < -0.4 is 4.74 Å². The standard InChI is InChI=1S/C67H43N5O.Pt/c1-43-36-65(68-41-58(43)46-22-9-4-10-23-46)71-62-38-49(34-35-53(62)56-39-57-55-30-17-29-54-52-26-11-12-31-59(52)72(67(54)55)64(57)40-63(56)71)73-48-25-15-24-47(37-48)69-42-70(61-33-14-13-32-60(61)69)66-50(44-18-5-2-6-19-44)27-16-28-51(66)45-20-7-3-8-21-45;/h2-41H,1H3;/i1D3;. The zero-order valence-electron chi connectivity index (χ0n) is 42.6. The Balaban J connectivity index is 0.909. The molecule has 0 unspecified atom stereocenters. The molecule has 74 heavy (non-hydrogen) atoms. The third kappa shape index (κ3) is 6.48. The fourth-order valence-corrected chi connectivity index (χ4v) is 12.6. The molecular formula is C67H43N5OPt. The quantitative estimate of drug-likeness (QED) is 0.152. The molecule has 6 nitrogen and oxygen atoms in total. The van der Waals surface area contributed by atoms with E-state index in [1.165, 1.54) is 21.7 Å². The van der Waals surface area contributed by atoms with E-state index in [0.29, 0.717) is 22.9 Å². The summed E-state index contributed by atoms with van der Waals surface area (Å²) in [4.78, 5) is 5.10. The molecule has 5 aromatic heterocycles. The normalized spacial score (nSPS) is 12.7. The third-order valence-corrected chi connectivity index (χ3v) is 15.7. The van der Waals surface area contributed by atoms with Crippen molar-refractivity contribution in [2.75, 3.05) is 0 Å². The summed E-state index contributed by atoms with van der Waals surface area (Å²) in [7, 11) is 0. The number of rotatable bonds is 8. The summed E-state index contributed by atoms with van der Waals surface area (Å²) in [6, 6.07) is 81.9.